The standard InChI is InChI=1S/C14H11Cl2N3O3/c15-10-3-1-2-9(6-10)8-17-14(20)18-13-5-4-11(19(21)22)7-12(13)16/h1-7H,8H2,(H2,17,18,20). The van der Waals surface area contributed by atoms with Crippen molar-refractivity contribution in [3.05, 3.63) is 68.2 Å². The molecular formula is C14H11Cl2N3O3. The first-order chi connectivity index (χ1) is 10.5. The fraction of sp³-hybridized carbons (Fsp3) is 0.0714. The first-order valence-electron chi connectivity index (χ1n) is 6.19. The number of benzene rings is 2. The number of urea groups is 1. The molecular weight excluding hydrogens is 329 g/mol. The summed E-state index contributed by atoms with van der Waals surface area (Å²) in [5.74, 6) is 0. The van der Waals surface area contributed by atoms with Crippen LogP contribution in [-0.2, 0) is 6.54 Å². The third kappa shape index (κ3) is 4.34. The number of anilines is 1. The number of non-ortho nitro benzene ring substituents is 1. The fourth-order valence-corrected chi connectivity index (χ4v) is 2.15. The first kappa shape index (κ1) is 16.1. The molecule has 0 aliphatic carbocycles. The molecule has 0 aliphatic heterocycles. The summed E-state index contributed by atoms with van der Waals surface area (Å²) < 4.78 is 0. The molecule has 0 spiro atoms. The zero-order valence-electron chi connectivity index (χ0n) is 11.2. The van der Waals surface area contributed by atoms with E-state index in [0.717, 1.165) is 5.56 Å². The quantitative estimate of drug-likeness (QED) is 0.645. The molecule has 0 bridgehead atoms. The highest BCUT2D eigenvalue weighted by molar-refractivity contribution is 6.34. The molecule has 2 N–H and O–H groups in total. The van der Waals surface area contributed by atoms with Gasteiger partial charge in [-0.25, -0.2) is 4.79 Å². The van der Waals surface area contributed by atoms with Gasteiger partial charge in [-0.3, -0.25) is 10.1 Å². The number of nitrogens with one attached hydrogen (secondary N) is 2. The second-order valence-electron chi connectivity index (χ2n) is 4.36. The highest BCUT2D eigenvalue weighted by atomic mass is 35.5. The summed E-state index contributed by atoms with van der Waals surface area (Å²) >= 11 is 11.7. The van der Waals surface area contributed by atoms with Gasteiger partial charge in [-0.2, -0.15) is 0 Å². The number of nitro benzene ring substituents is 1. The molecule has 0 saturated carbocycles. The predicted molar refractivity (Wildman–Crippen MR) is 85.4 cm³/mol. The number of nitrogens with zero attached hydrogens (tertiary/aromatic N) is 1. The number of hydrogen-bond donors (Lipinski definition) is 2. The average Bonchev–Trinajstić information content (AvgIpc) is 2.47. The molecule has 2 amide bonds. The third-order valence-electron chi connectivity index (χ3n) is 2.75. The van der Waals surface area contributed by atoms with E-state index >= 15 is 0 Å². The van der Waals surface area contributed by atoms with Crippen LogP contribution in [0.3, 0.4) is 0 Å². The molecule has 114 valence electrons. The van der Waals surface area contributed by atoms with E-state index in [2.05, 4.69) is 10.6 Å². The number of carbonyl (C=O) groups is 1. The van der Waals surface area contributed by atoms with Gasteiger partial charge in [0, 0.05) is 23.7 Å². The minimum Gasteiger partial charge on any atom is -0.334 e. The molecule has 0 saturated heterocycles. The van der Waals surface area contributed by atoms with Gasteiger partial charge in [0.1, 0.15) is 0 Å². The molecule has 0 atom stereocenters. The van der Waals surface area contributed by atoms with E-state index < -0.39 is 11.0 Å². The Bertz CT molecular complexity index is 722. The molecule has 2 rings (SSSR count). The highest BCUT2D eigenvalue weighted by Crippen LogP contribution is 2.26. The minimum absolute atomic E-state index is 0.0899. The maximum absolute atomic E-state index is 11.8. The Balaban J connectivity index is 1.96. The van der Waals surface area contributed by atoms with Crippen LogP contribution in [0.5, 0.6) is 0 Å². The average molecular weight is 340 g/mol. The van der Waals surface area contributed by atoms with Crippen LogP contribution in [0.25, 0.3) is 0 Å². The summed E-state index contributed by atoms with van der Waals surface area (Å²) in [6.07, 6.45) is 0. The van der Waals surface area contributed by atoms with Gasteiger partial charge in [0.15, 0.2) is 0 Å². The van der Waals surface area contributed by atoms with E-state index in [1.165, 1.54) is 18.2 Å². The number of carbonyl (C=O) groups excluding carboxylic acids is 1. The van der Waals surface area contributed by atoms with E-state index in [4.69, 9.17) is 23.2 Å². The summed E-state index contributed by atoms with van der Waals surface area (Å²) in [7, 11) is 0. The second kappa shape index (κ2) is 7.11. The van der Waals surface area contributed by atoms with Gasteiger partial charge in [0.2, 0.25) is 0 Å². The second-order valence-corrected chi connectivity index (χ2v) is 5.20. The van der Waals surface area contributed by atoms with Crippen LogP contribution in [-0.4, -0.2) is 11.0 Å². The number of nitro groups is 1. The molecule has 0 fully saturated rings. The smallest absolute Gasteiger partial charge is 0.319 e. The zero-order valence-corrected chi connectivity index (χ0v) is 12.7. The SMILES string of the molecule is O=C(NCc1cccc(Cl)c1)Nc1ccc([N+](=O)[O-])cc1Cl. The Kier molecular flexibility index (Phi) is 5.19. The van der Waals surface area contributed by atoms with E-state index in [9.17, 15) is 14.9 Å². The molecule has 6 nitrogen and oxygen atoms in total. The van der Waals surface area contributed by atoms with Gasteiger partial charge in [-0.15, -0.1) is 0 Å². The van der Waals surface area contributed by atoms with E-state index in [-0.39, 0.29) is 22.9 Å². The third-order valence-corrected chi connectivity index (χ3v) is 3.30. The Morgan fingerprint density at radius 1 is 1.18 bits per heavy atom. The van der Waals surface area contributed by atoms with Crippen LogP contribution in [0.15, 0.2) is 42.5 Å². The van der Waals surface area contributed by atoms with Gasteiger partial charge in [-0.05, 0) is 23.8 Å². The van der Waals surface area contributed by atoms with E-state index in [1.54, 1.807) is 18.2 Å². The molecule has 8 heteroatoms. The van der Waals surface area contributed by atoms with Crippen molar-refractivity contribution in [1.82, 2.24) is 5.32 Å². The summed E-state index contributed by atoms with van der Waals surface area (Å²) in [6.45, 7) is 0.289. The zero-order chi connectivity index (χ0) is 16.1. The van der Waals surface area contributed by atoms with Crippen molar-refractivity contribution in [1.29, 1.82) is 0 Å². The molecule has 0 aliphatic rings. The largest absolute Gasteiger partial charge is 0.334 e. The van der Waals surface area contributed by atoms with Gasteiger partial charge in [0.25, 0.3) is 5.69 Å². The number of rotatable bonds is 4. The van der Waals surface area contributed by atoms with Crippen LogP contribution >= 0.6 is 23.2 Å². The Hall–Kier alpha value is -2.31. The van der Waals surface area contributed by atoms with Crippen molar-refractivity contribution in [2.45, 2.75) is 6.54 Å². The Labute approximate surface area is 136 Å². The fourth-order valence-electron chi connectivity index (χ4n) is 1.71. The van der Waals surface area contributed by atoms with Crippen molar-refractivity contribution >= 4 is 40.6 Å². The molecule has 2 aromatic carbocycles. The van der Waals surface area contributed by atoms with Gasteiger partial charge >= 0.3 is 6.03 Å². The molecule has 0 unspecified atom stereocenters. The molecule has 22 heavy (non-hydrogen) atoms. The topological polar surface area (TPSA) is 84.3 Å². The highest BCUT2D eigenvalue weighted by Gasteiger charge is 2.11. The Morgan fingerprint density at radius 2 is 1.95 bits per heavy atom. The molecule has 0 heterocycles. The summed E-state index contributed by atoms with van der Waals surface area (Å²) in [6, 6.07) is 10.4. The van der Waals surface area contributed by atoms with Crippen LogP contribution in [0, 0.1) is 10.1 Å². The maximum atomic E-state index is 11.8. The van der Waals surface area contributed by atoms with Crippen LogP contribution in [0.4, 0.5) is 16.2 Å². The summed E-state index contributed by atoms with van der Waals surface area (Å²) in [5.41, 5.74) is 0.989. The lowest BCUT2D eigenvalue weighted by molar-refractivity contribution is -0.384. The maximum Gasteiger partial charge on any atom is 0.319 e. The van der Waals surface area contributed by atoms with Crippen LogP contribution in [0.2, 0.25) is 10.0 Å². The Morgan fingerprint density at radius 3 is 2.59 bits per heavy atom. The van der Waals surface area contributed by atoms with E-state index in [0.29, 0.717) is 5.02 Å². The summed E-state index contributed by atoms with van der Waals surface area (Å²) in [4.78, 5) is 21.8. The lowest BCUT2D eigenvalue weighted by atomic mass is 10.2. The first-order valence-corrected chi connectivity index (χ1v) is 6.94. The normalized spacial score (nSPS) is 10.1. The van der Waals surface area contributed by atoms with Crippen LogP contribution < -0.4 is 10.6 Å². The van der Waals surface area contributed by atoms with Crippen molar-refractivity contribution in [3.8, 4) is 0 Å². The van der Waals surface area contributed by atoms with Crippen molar-refractivity contribution in [3.63, 3.8) is 0 Å². The minimum atomic E-state index is -0.561. The van der Waals surface area contributed by atoms with E-state index in [1.807, 2.05) is 6.07 Å². The monoisotopic (exact) mass is 339 g/mol. The molecule has 2 aromatic rings. The number of hydrogen-bond acceptors (Lipinski definition) is 3. The molecule has 0 aromatic heterocycles. The number of amides is 2. The number of halogens is 2. The van der Waals surface area contributed by atoms with Crippen molar-refractivity contribution < 1.29 is 9.72 Å². The van der Waals surface area contributed by atoms with Crippen LogP contribution in [0.1, 0.15) is 5.56 Å². The van der Waals surface area contributed by atoms with Gasteiger partial charge < -0.3 is 10.6 Å². The predicted octanol–water partition coefficient (Wildman–Crippen LogP) is 4.22. The van der Waals surface area contributed by atoms with Gasteiger partial charge in [-0.1, -0.05) is 35.3 Å². The lowest BCUT2D eigenvalue weighted by Gasteiger charge is -2.09. The van der Waals surface area contributed by atoms with Gasteiger partial charge in [0.05, 0.1) is 15.6 Å². The molecule has 0 radical (unpaired) electrons. The van der Waals surface area contributed by atoms with Crippen molar-refractivity contribution in [2.75, 3.05) is 5.32 Å². The summed E-state index contributed by atoms with van der Waals surface area (Å²) in [5, 5.41) is 16.4. The lowest BCUT2D eigenvalue weighted by Crippen LogP contribution is -2.28. The van der Waals surface area contributed by atoms with Crippen molar-refractivity contribution in [2.24, 2.45) is 0 Å².